The number of rotatable bonds is 3. The SMILES string of the molecule is CCC1COC(C)CN1Cc1cc(F)c(O)c(F)c1. The Morgan fingerprint density at radius 3 is 2.58 bits per heavy atom. The van der Waals surface area contributed by atoms with Crippen LogP contribution < -0.4 is 0 Å². The van der Waals surface area contributed by atoms with E-state index in [1.54, 1.807) is 0 Å². The van der Waals surface area contributed by atoms with E-state index < -0.39 is 17.4 Å². The van der Waals surface area contributed by atoms with Crippen LogP contribution in [0.25, 0.3) is 0 Å². The van der Waals surface area contributed by atoms with Gasteiger partial charge in [0.25, 0.3) is 0 Å². The Kier molecular flexibility index (Phi) is 4.37. The van der Waals surface area contributed by atoms with E-state index in [0.29, 0.717) is 18.7 Å². The maximum absolute atomic E-state index is 13.3. The highest BCUT2D eigenvalue weighted by Gasteiger charge is 2.25. The molecule has 1 aliphatic rings. The van der Waals surface area contributed by atoms with Crippen LogP contribution >= 0.6 is 0 Å². The molecule has 5 heteroatoms. The van der Waals surface area contributed by atoms with Gasteiger partial charge in [-0.3, -0.25) is 4.90 Å². The van der Waals surface area contributed by atoms with Gasteiger partial charge in [-0.05, 0) is 31.0 Å². The van der Waals surface area contributed by atoms with Crippen molar-refractivity contribution in [2.75, 3.05) is 13.2 Å². The summed E-state index contributed by atoms with van der Waals surface area (Å²) in [4.78, 5) is 2.17. The molecule has 1 heterocycles. The Labute approximate surface area is 111 Å². The molecule has 2 rings (SSSR count). The van der Waals surface area contributed by atoms with E-state index in [9.17, 15) is 8.78 Å². The molecule has 0 amide bonds. The number of phenols is 1. The average Bonchev–Trinajstić information content (AvgIpc) is 2.36. The van der Waals surface area contributed by atoms with Crippen molar-refractivity contribution in [3.8, 4) is 5.75 Å². The number of nitrogens with zero attached hydrogens (tertiary/aromatic N) is 1. The summed E-state index contributed by atoms with van der Waals surface area (Å²) in [5.74, 6) is -2.74. The largest absolute Gasteiger partial charge is 0.503 e. The van der Waals surface area contributed by atoms with E-state index >= 15 is 0 Å². The van der Waals surface area contributed by atoms with Gasteiger partial charge in [0.2, 0.25) is 0 Å². The van der Waals surface area contributed by atoms with Gasteiger partial charge < -0.3 is 9.84 Å². The van der Waals surface area contributed by atoms with Gasteiger partial charge >= 0.3 is 0 Å². The molecule has 1 saturated heterocycles. The zero-order valence-corrected chi connectivity index (χ0v) is 11.2. The van der Waals surface area contributed by atoms with Gasteiger partial charge in [-0.2, -0.15) is 0 Å². The van der Waals surface area contributed by atoms with Crippen LogP contribution in [0.3, 0.4) is 0 Å². The first kappa shape index (κ1) is 14.2. The first-order valence-corrected chi connectivity index (χ1v) is 6.53. The van der Waals surface area contributed by atoms with Crippen molar-refractivity contribution in [1.29, 1.82) is 0 Å². The zero-order chi connectivity index (χ0) is 14.0. The third-order valence-electron chi connectivity index (χ3n) is 3.51. The molecule has 1 aliphatic heterocycles. The maximum Gasteiger partial charge on any atom is 0.187 e. The standard InChI is InChI=1S/C14H19F2NO2/c1-3-11-8-19-9(2)6-17(11)7-10-4-12(15)14(18)13(16)5-10/h4-5,9,11,18H,3,6-8H2,1-2H3. The number of ether oxygens (including phenoxy) is 1. The molecule has 1 aromatic carbocycles. The molecule has 0 radical (unpaired) electrons. The first-order chi connectivity index (χ1) is 9.01. The molecule has 19 heavy (non-hydrogen) atoms. The minimum atomic E-state index is -0.913. The molecule has 1 N–H and O–H groups in total. The highest BCUT2D eigenvalue weighted by atomic mass is 19.1. The van der Waals surface area contributed by atoms with Crippen LogP contribution in [-0.4, -0.2) is 35.3 Å². The average molecular weight is 271 g/mol. The van der Waals surface area contributed by atoms with Crippen LogP contribution in [0.15, 0.2) is 12.1 Å². The summed E-state index contributed by atoms with van der Waals surface area (Å²) in [5.41, 5.74) is 0.528. The Hall–Kier alpha value is -1.20. The zero-order valence-electron chi connectivity index (χ0n) is 11.2. The van der Waals surface area contributed by atoms with E-state index in [0.717, 1.165) is 13.0 Å². The molecule has 0 spiro atoms. The summed E-state index contributed by atoms with van der Waals surface area (Å²) in [6, 6.07) is 2.63. The summed E-state index contributed by atoms with van der Waals surface area (Å²) in [6.45, 7) is 5.88. The lowest BCUT2D eigenvalue weighted by molar-refractivity contribution is -0.0592. The first-order valence-electron chi connectivity index (χ1n) is 6.53. The second-order valence-electron chi connectivity index (χ2n) is 5.04. The van der Waals surface area contributed by atoms with Gasteiger partial charge in [0, 0.05) is 19.1 Å². The van der Waals surface area contributed by atoms with Crippen molar-refractivity contribution in [2.45, 2.75) is 39.0 Å². The third-order valence-corrected chi connectivity index (χ3v) is 3.51. The predicted molar refractivity (Wildman–Crippen MR) is 67.9 cm³/mol. The predicted octanol–water partition coefficient (Wildman–Crippen LogP) is 2.67. The van der Waals surface area contributed by atoms with Crippen LogP contribution in [0.2, 0.25) is 0 Å². The monoisotopic (exact) mass is 271 g/mol. The van der Waals surface area contributed by atoms with Crippen LogP contribution in [-0.2, 0) is 11.3 Å². The fraction of sp³-hybridized carbons (Fsp3) is 0.571. The van der Waals surface area contributed by atoms with Crippen molar-refractivity contribution >= 4 is 0 Å². The fourth-order valence-corrected chi connectivity index (χ4v) is 2.43. The molecular formula is C14H19F2NO2. The Bertz CT molecular complexity index is 430. The van der Waals surface area contributed by atoms with Gasteiger partial charge in [0.05, 0.1) is 12.7 Å². The Morgan fingerprint density at radius 1 is 1.37 bits per heavy atom. The van der Waals surface area contributed by atoms with Crippen molar-refractivity contribution in [1.82, 2.24) is 4.90 Å². The minimum Gasteiger partial charge on any atom is -0.503 e. The molecule has 0 bridgehead atoms. The number of halogens is 2. The summed E-state index contributed by atoms with van der Waals surface area (Å²) < 4.78 is 32.2. The number of morpholine rings is 1. The van der Waals surface area contributed by atoms with E-state index in [2.05, 4.69) is 11.8 Å². The van der Waals surface area contributed by atoms with E-state index in [-0.39, 0.29) is 12.1 Å². The molecule has 0 aromatic heterocycles. The molecule has 106 valence electrons. The topological polar surface area (TPSA) is 32.7 Å². The van der Waals surface area contributed by atoms with Crippen molar-refractivity contribution in [2.24, 2.45) is 0 Å². The minimum absolute atomic E-state index is 0.120. The van der Waals surface area contributed by atoms with Crippen LogP contribution in [0.4, 0.5) is 8.78 Å². The molecule has 1 aromatic rings. The normalized spacial score (nSPS) is 24.6. The smallest absolute Gasteiger partial charge is 0.187 e. The fourth-order valence-electron chi connectivity index (χ4n) is 2.43. The van der Waals surface area contributed by atoms with Gasteiger partial charge in [-0.25, -0.2) is 8.78 Å². The van der Waals surface area contributed by atoms with E-state index in [1.807, 2.05) is 6.92 Å². The van der Waals surface area contributed by atoms with E-state index in [4.69, 9.17) is 9.84 Å². The molecule has 2 atom stereocenters. The highest BCUT2D eigenvalue weighted by molar-refractivity contribution is 5.30. The second kappa shape index (κ2) is 5.84. The molecule has 3 nitrogen and oxygen atoms in total. The summed E-state index contributed by atoms with van der Waals surface area (Å²) in [6.07, 6.45) is 1.05. The number of hydrogen-bond donors (Lipinski definition) is 1. The molecule has 2 unspecified atom stereocenters. The van der Waals surface area contributed by atoms with Crippen LogP contribution in [0, 0.1) is 11.6 Å². The molecular weight excluding hydrogens is 252 g/mol. The lowest BCUT2D eigenvalue weighted by Gasteiger charge is -2.38. The van der Waals surface area contributed by atoms with Gasteiger partial charge in [-0.15, -0.1) is 0 Å². The molecule has 0 aliphatic carbocycles. The molecule has 0 saturated carbocycles. The number of aromatic hydroxyl groups is 1. The summed E-state index contributed by atoms with van der Waals surface area (Å²) in [7, 11) is 0. The van der Waals surface area contributed by atoms with Crippen molar-refractivity contribution < 1.29 is 18.6 Å². The lowest BCUT2D eigenvalue weighted by Crippen LogP contribution is -2.47. The third kappa shape index (κ3) is 3.22. The van der Waals surface area contributed by atoms with Crippen LogP contribution in [0.1, 0.15) is 25.8 Å². The Balaban J connectivity index is 2.14. The summed E-state index contributed by atoms with van der Waals surface area (Å²) >= 11 is 0. The summed E-state index contributed by atoms with van der Waals surface area (Å²) in [5, 5.41) is 9.09. The Morgan fingerprint density at radius 2 is 2.00 bits per heavy atom. The van der Waals surface area contributed by atoms with Gasteiger partial charge in [0.15, 0.2) is 17.4 Å². The number of phenolic OH excluding ortho intramolecular Hbond substituents is 1. The molecule has 1 fully saturated rings. The highest BCUT2D eigenvalue weighted by Crippen LogP contribution is 2.24. The maximum atomic E-state index is 13.3. The van der Waals surface area contributed by atoms with Gasteiger partial charge in [-0.1, -0.05) is 6.92 Å². The van der Waals surface area contributed by atoms with Gasteiger partial charge in [0.1, 0.15) is 0 Å². The lowest BCUT2D eigenvalue weighted by atomic mass is 10.1. The van der Waals surface area contributed by atoms with Crippen molar-refractivity contribution in [3.63, 3.8) is 0 Å². The number of hydrogen-bond acceptors (Lipinski definition) is 3. The van der Waals surface area contributed by atoms with Crippen LogP contribution in [0.5, 0.6) is 5.75 Å². The van der Waals surface area contributed by atoms with E-state index in [1.165, 1.54) is 12.1 Å². The van der Waals surface area contributed by atoms with Crippen molar-refractivity contribution in [3.05, 3.63) is 29.3 Å². The number of benzene rings is 1. The second-order valence-corrected chi connectivity index (χ2v) is 5.04. The quantitative estimate of drug-likeness (QED) is 0.917.